The van der Waals surface area contributed by atoms with Crippen molar-refractivity contribution in [1.82, 2.24) is 5.16 Å². The zero-order valence-electron chi connectivity index (χ0n) is 10.2. The Morgan fingerprint density at radius 1 is 1.11 bits per heavy atom. The second-order valence-corrected chi connectivity index (χ2v) is 5.46. The van der Waals surface area contributed by atoms with Crippen LogP contribution in [0.1, 0.15) is 30.9 Å². The van der Waals surface area contributed by atoms with E-state index in [0.29, 0.717) is 11.7 Å². The van der Waals surface area contributed by atoms with Crippen LogP contribution in [0.25, 0.3) is 11.1 Å². The van der Waals surface area contributed by atoms with E-state index in [2.05, 4.69) is 17.3 Å². The molecule has 1 heterocycles. The third kappa shape index (κ3) is 1.33. The molecule has 18 heavy (non-hydrogen) atoms. The highest BCUT2D eigenvalue weighted by Gasteiger charge is 2.56. The topological polar surface area (TPSA) is 52.0 Å². The second kappa shape index (κ2) is 3.61. The van der Waals surface area contributed by atoms with Crippen molar-refractivity contribution in [1.29, 1.82) is 0 Å². The molecule has 1 aromatic heterocycles. The summed E-state index contributed by atoms with van der Waals surface area (Å²) in [5, 5.41) is 3.98. The van der Waals surface area contributed by atoms with Crippen LogP contribution < -0.4 is 5.73 Å². The van der Waals surface area contributed by atoms with Crippen LogP contribution in [0.3, 0.4) is 0 Å². The lowest BCUT2D eigenvalue weighted by Crippen LogP contribution is -1.92. The van der Waals surface area contributed by atoms with Crippen molar-refractivity contribution in [2.24, 2.45) is 11.8 Å². The lowest BCUT2D eigenvalue weighted by Gasteiger charge is -2.03. The van der Waals surface area contributed by atoms with Crippen molar-refractivity contribution in [3.8, 4) is 11.1 Å². The molecule has 2 aromatic rings. The summed E-state index contributed by atoms with van der Waals surface area (Å²) in [5.74, 6) is 3.76. The summed E-state index contributed by atoms with van der Waals surface area (Å²) in [6.07, 6.45) is 4.05. The first-order valence-electron chi connectivity index (χ1n) is 6.66. The van der Waals surface area contributed by atoms with Gasteiger partial charge in [0.25, 0.3) is 0 Å². The SMILES string of the molecule is Nc1noc(C2C3CCCC32)c1-c1ccccc1. The van der Waals surface area contributed by atoms with Gasteiger partial charge in [0.1, 0.15) is 5.76 Å². The van der Waals surface area contributed by atoms with Gasteiger partial charge in [-0.05, 0) is 30.2 Å². The highest BCUT2D eigenvalue weighted by Crippen LogP contribution is 2.64. The van der Waals surface area contributed by atoms with Crippen molar-refractivity contribution in [2.45, 2.75) is 25.2 Å². The smallest absolute Gasteiger partial charge is 0.175 e. The van der Waals surface area contributed by atoms with E-state index < -0.39 is 0 Å². The van der Waals surface area contributed by atoms with Crippen LogP contribution in [-0.2, 0) is 0 Å². The van der Waals surface area contributed by atoms with Gasteiger partial charge in [-0.25, -0.2) is 0 Å². The fraction of sp³-hybridized carbons (Fsp3) is 0.400. The number of anilines is 1. The van der Waals surface area contributed by atoms with E-state index in [0.717, 1.165) is 28.7 Å². The maximum absolute atomic E-state index is 5.98. The Morgan fingerprint density at radius 2 is 1.83 bits per heavy atom. The van der Waals surface area contributed by atoms with Crippen LogP contribution in [0.5, 0.6) is 0 Å². The van der Waals surface area contributed by atoms with Crippen LogP contribution in [0, 0.1) is 11.8 Å². The van der Waals surface area contributed by atoms with E-state index in [9.17, 15) is 0 Å². The van der Waals surface area contributed by atoms with Gasteiger partial charge in [-0.2, -0.15) is 0 Å². The largest absolute Gasteiger partial charge is 0.380 e. The number of fused-ring (bicyclic) bond motifs is 1. The van der Waals surface area contributed by atoms with E-state index in [1.54, 1.807) is 0 Å². The molecule has 1 aromatic carbocycles. The van der Waals surface area contributed by atoms with E-state index in [1.807, 2.05) is 18.2 Å². The highest BCUT2D eigenvalue weighted by molar-refractivity contribution is 5.76. The molecule has 0 aliphatic heterocycles. The Bertz CT molecular complexity index is 565. The lowest BCUT2D eigenvalue weighted by atomic mass is 10.0. The minimum absolute atomic E-state index is 0.529. The number of nitrogens with zero attached hydrogens (tertiary/aromatic N) is 1. The number of benzene rings is 1. The first-order chi connectivity index (χ1) is 8.86. The van der Waals surface area contributed by atoms with Gasteiger partial charge in [0.2, 0.25) is 0 Å². The van der Waals surface area contributed by atoms with Gasteiger partial charge >= 0.3 is 0 Å². The van der Waals surface area contributed by atoms with Crippen molar-refractivity contribution in [3.05, 3.63) is 36.1 Å². The third-order valence-corrected chi connectivity index (χ3v) is 4.52. The van der Waals surface area contributed by atoms with Crippen molar-refractivity contribution < 1.29 is 4.52 Å². The third-order valence-electron chi connectivity index (χ3n) is 4.52. The molecule has 0 radical (unpaired) electrons. The zero-order chi connectivity index (χ0) is 12.1. The van der Waals surface area contributed by atoms with Crippen molar-refractivity contribution >= 4 is 5.82 Å². The molecule has 0 spiro atoms. The summed E-state index contributed by atoms with van der Waals surface area (Å²) in [6, 6.07) is 10.2. The average molecular weight is 240 g/mol. The first kappa shape index (κ1) is 10.2. The summed E-state index contributed by atoms with van der Waals surface area (Å²) < 4.78 is 5.54. The molecule has 2 aliphatic rings. The fourth-order valence-electron chi connectivity index (χ4n) is 3.65. The molecule has 2 aliphatic carbocycles. The molecule has 0 bridgehead atoms. The molecule has 2 saturated carbocycles. The Kier molecular flexibility index (Phi) is 2.04. The van der Waals surface area contributed by atoms with Gasteiger partial charge in [-0.1, -0.05) is 41.9 Å². The Morgan fingerprint density at radius 3 is 2.56 bits per heavy atom. The number of nitrogens with two attached hydrogens (primary N) is 1. The normalized spacial score (nSPS) is 29.2. The van der Waals surface area contributed by atoms with Gasteiger partial charge in [0.05, 0.1) is 5.56 Å². The average Bonchev–Trinajstić information content (AvgIpc) is 2.79. The second-order valence-electron chi connectivity index (χ2n) is 5.46. The Labute approximate surface area is 106 Å². The number of hydrogen-bond donors (Lipinski definition) is 1. The molecule has 2 fully saturated rings. The Balaban J connectivity index is 1.77. The molecule has 2 atom stereocenters. The van der Waals surface area contributed by atoms with E-state index in [4.69, 9.17) is 10.3 Å². The first-order valence-corrected chi connectivity index (χ1v) is 6.66. The quantitative estimate of drug-likeness (QED) is 0.874. The van der Waals surface area contributed by atoms with Gasteiger partial charge in [0.15, 0.2) is 5.82 Å². The molecule has 3 heteroatoms. The summed E-state index contributed by atoms with van der Waals surface area (Å²) in [4.78, 5) is 0. The number of aromatic nitrogens is 1. The summed E-state index contributed by atoms with van der Waals surface area (Å²) >= 11 is 0. The number of rotatable bonds is 2. The van der Waals surface area contributed by atoms with E-state index >= 15 is 0 Å². The molecule has 0 saturated heterocycles. The summed E-state index contributed by atoms with van der Waals surface area (Å²) in [7, 11) is 0. The maximum Gasteiger partial charge on any atom is 0.175 e. The van der Waals surface area contributed by atoms with Crippen LogP contribution in [0.4, 0.5) is 5.82 Å². The van der Waals surface area contributed by atoms with Crippen molar-refractivity contribution in [3.63, 3.8) is 0 Å². The number of hydrogen-bond acceptors (Lipinski definition) is 3. The predicted octanol–water partition coefficient (Wildman–Crippen LogP) is 3.44. The molecule has 0 amide bonds. The monoisotopic (exact) mass is 240 g/mol. The molecule has 3 nitrogen and oxygen atoms in total. The predicted molar refractivity (Wildman–Crippen MR) is 69.9 cm³/mol. The van der Waals surface area contributed by atoms with Crippen LogP contribution in [0.2, 0.25) is 0 Å². The molecule has 2 unspecified atom stereocenters. The van der Waals surface area contributed by atoms with E-state index in [1.165, 1.54) is 19.3 Å². The van der Waals surface area contributed by atoms with Crippen LogP contribution in [0.15, 0.2) is 34.9 Å². The van der Waals surface area contributed by atoms with Gasteiger partial charge in [-0.3, -0.25) is 0 Å². The minimum atomic E-state index is 0.529. The van der Waals surface area contributed by atoms with Gasteiger partial charge in [-0.15, -0.1) is 0 Å². The minimum Gasteiger partial charge on any atom is -0.380 e. The molecular weight excluding hydrogens is 224 g/mol. The van der Waals surface area contributed by atoms with Gasteiger partial charge < -0.3 is 10.3 Å². The van der Waals surface area contributed by atoms with Gasteiger partial charge in [0, 0.05) is 5.92 Å². The summed E-state index contributed by atoms with van der Waals surface area (Å²) in [5.41, 5.74) is 8.13. The molecule has 92 valence electrons. The fourth-order valence-corrected chi connectivity index (χ4v) is 3.65. The molecule has 2 N–H and O–H groups in total. The zero-order valence-corrected chi connectivity index (χ0v) is 10.2. The summed E-state index contributed by atoms with van der Waals surface area (Å²) in [6.45, 7) is 0. The lowest BCUT2D eigenvalue weighted by molar-refractivity contribution is 0.376. The van der Waals surface area contributed by atoms with E-state index in [-0.39, 0.29) is 0 Å². The molecule has 4 rings (SSSR count). The maximum atomic E-state index is 5.98. The number of nitrogen functional groups attached to an aromatic ring is 1. The standard InChI is InChI=1S/C15H16N2O/c16-15-12(9-5-2-1-3-6-9)14(18-17-15)13-10-7-4-8-11(10)13/h1-3,5-6,10-11,13H,4,7-8H2,(H2,16,17). The van der Waals surface area contributed by atoms with Crippen LogP contribution in [-0.4, -0.2) is 5.16 Å². The Hall–Kier alpha value is -1.77. The van der Waals surface area contributed by atoms with Crippen LogP contribution >= 0.6 is 0 Å². The highest BCUT2D eigenvalue weighted by atomic mass is 16.5. The molecular formula is C15H16N2O. The van der Waals surface area contributed by atoms with Crippen molar-refractivity contribution in [2.75, 3.05) is 5.73 Å².